The molecule has 0 bridgehead atoms. The van der Waals surface area contributed by atoms with Gasteiger partial charge < -0.3 is 9.72 Å². The topological polar surface area (TPSA) is 55.0 Å². The van der Waals surface area contributed by atoms with Crippen LogP contribution in [0.4, 0.5) is 0 Å². The third-order valence-corrected chi connectivity index (χ3v) is 2.12. The first-order chi connectivity index (χ1) is 7.88. The van der Waals surface area contributed by atoms with E-state index >= 15 is 0 Å². The number of nitrogens with one attached hydrogen (secondary N) is 1. The molecule has 4 heteroatoms. The Bertz CT molecular complexity index is 451. The van der Waals surface area contributed by atoms with Crippen LogP contribution in [0.5, 0.6) is 0 Å². The molecule has 0 aliphatic heterocycles. The van der Waals surface area contributed by atoms with Crippen LogP contribution in [-0.2, 0) is 18.0 Å². The molecule has 4 nitrogen and oxygen atoms in total. The van der Waals surface area contributed by atoms with Crippen LogP contribution >= 0.6 is 0 Å². The summed E-state index contributed by atoms with van der Waals surface area (Å²) >= 11 is 0. The van der Waals surface area contributed by atoms with Crippen molar-refractivity contribution in [2.45, 2.75) is 13.2 Å². The molecule has 2 aromatic rings. The van der Waals surface area contributed by atoms with Crippen LogP contribution in [0.15, 0.2) is 36.5 Å². The largest absolute Gasteiger partial charge is 0.369 e. The fourth-order valence-electron chi connectivity index (χ4n) is 1.35. The van der Waals surface area contributed by atoms with E-state index in [0.29, 0.717) is 31.0 Å². The van der Waals surface area contributed by atoms with Crippen molar-refractivity contribution >= 4 is 6.29 Å². The third-order valence-electron chi connectivity index (χ3n) is 2.12. The van der Waals surface area contributed by atoms with E-state index in [1.165, 1.54) is 0 Å². The van der Waals surface area contributed by atoms with E-state index in [-0.39, 0.29) is 0 Å². The number of aldehydes is 1. The molecule has 16 heavy (non-hydrogen) atoms. The lowest BCUT2D eigenvalue weighted by Gasteiger charge is -2.01. The molecule has 0 saturated heterocycles. The summed E-state index contributed by atoms with van der Waals surface area (Å²) in [5, 5.41) is 0. The second-order valence-electron chi connectivity index (χ2n) is 3.37. The number of benzene rings is 1. The van der Waals surface area contributed by atoms with Gasteiger partial charge in [-0.05, 0) is 5.56 Å². The molecule has 1 aromatic carbocycles. The first-order valence-electron chi connectivity index (χ1n) is 4.99. The summed E-state index contributed by atoms with van der Waals surface area (Å²) in [6, 6.07) is 9.90. The molecule has 0 aliphatic rings. The van der Waals surface area contributed by atoms with Gasteiger partial charge in [0.15, 0.2) is 6.29 Å². The van der Waals surface area contributed by atoms with Gasteiger partial charge in [-0.2, -0.15) is 0 Å². The quantitative estimate of drug-likeness (QED) is 0.777. The Hall–Kier alpha value is -1.94. The van der Waals surface area contributed by atoms with Crippen LogP contribution in [0.3, 0.4) is 0 Å². The lowest BCUT2D eigenvalue weighted by atomic mass is 10.2. The molecule has 0 aliphatic carbocycles. The van der Waals surface area contributed by atoms with Crippen molar-refractivity contribution in [3.63, 3.8) is 0 Å². The van der Waals surface area contributed by atoms with Crippen molar-refractivity contribution in [2.24, 2.45) is 0 Å². The normalized spacial score (nSPS) is 10.2. The van der Waals surface area contributed by atoms with Crippen LogP contribution in [0.25, 0.3) is 0 Å². The smallest absolute Gasteiger partial charge is 0.170 e. The fraction of sp³-hybridized carbons (Fsp3) is 0.167. The van der Waals surface area contributed by atoms with Gasteiger partial charge in [-0.1, -0.05) is 30.3 Å². The Morgan fingerprint density at radius 1 is 1.25 bits per heavy atom. The number of nitrogens with zero attached hydrogens (tertiary/aromatic N) is 1. The summed E-state index contributed by atoms with van der Waals surface area (Å²) in [6.07, 6.45) is 2.27. The first kappa shape index (κ1) is 10.6. The molecule has 0 unspecified atom stereocenters. The summed E-state index contributed by atoms with van der Waals surface area (Å²) < 4.78 is 5.45. The SMILES string of the molecule is O=Cc1c[nH]c(COCc2ccccc2)n1. The maximum atomic E-state index is 10.4. The summed E-state index contributed by atoms with van der Waals surface area (Å²) in [5.74, 6) is 0.665. The van der Waals surface area contributed by atoms with Crippen LogP contribution < -0.4 is 0 Å². The zero-order valence-electron chi connectivity index (χ0n) is 8.72. The number of ether oxygens (including phenoxy) is 1. The Labute approximate surface area is 93.3 Å². The van der Waals surface area contributed by atoms with Crippen molar-refractivity contribution in [3.05, 3.63) is 53.6 Å². The average molecular weight is 216 g/mol. The van der Waals surface area contributed by atoms with Crippen LogP contribution in [0, 0.1) is 0 Å². The number of rotatable bonds is 5. The first-order valence-corrected chi connectivity index (χ1v) is 4.99. The van der Waals surface area contributed by atoms with Gasteiger partial charge in [0.2, 0.25) is 0 Å². The second kappa shape index (κ2) is 5.23. The predicted molar refractivity (Wildman–Crippen MR) is 58.9 cm³/mol. The molecule has 1 heterocycles. The number of carbonyl (C=O) groups excluding carboxylic acids is 1. The van der Waals surface area contributed by atoms with Crippen molar-refractivity contribution in [3.8, 4) is 0 Å². The highest BCUT2D eigenvalue weighted by Crippen LogP contribution is 2.03. The van der Waals surface area contributed by atoms with Crippen molar-refractivity contribution < 1.29 is 9.53 Å². The van der Waals surface area contributed by atoms with E-state index < -0.39 is 0 Å². The standard InChI is InChI=1S/C12H12N2O2/c15-7-11-6-13-12(14-11)9-16-8-10-4-2-1-3-5-10/h1-7H,8-9H2,(H,13,14). The minimum atomic E-state index is 0.378. The van der Waals surface area contributed by atoms with E-state index in [9.17, 15) is 4.79 Å². The summed E-state index contributed by atoms with van der Waals surface area (Å²) in [6.45, 7) is 0.917. The molecule has 1 N–H and O–H groups in total. The minimum absolute atomic E-state index is 0.378. The number of H-pyrrole nitrogens is 1. The summed E-state index contributed by atoms with van der Waals surface area (Å²) in [4.78, 5) is 17.3. The van der Waals surface area contributed by atoms with Gasteiger partial charge in [0.1, 0.15) is 18.1 Å². The molecular formula is C12H12N2O2. The zero-order chi connectivity index (χ0) is 11.2. The Balaban J connectivity index is 1.82. The number of aromatic amines is 1. The molecule has 1 aromatic heterocycles. The summed E-state index contributed by atoms with van der Waals surface area (Å²) in [5.41, 5.74) is 1.52. The number of aromatic nitrogens is 2. The van der Waals surface area contributed by atoms with Crippen molar-refractivity contribution in [1.29, 1.82) is 0 Å². The Kier molecular flexibility index (Phi) is 3.46. The number of imidazole rings is 1. The highest BCUT2D eigenvalue weighted by Gasteiger charge is 2.00. The van der Waals surface area contributed by atoms with E-state index in [0.717, 1.165) is 5.56 Å². The van der Waals surface area contributed by atoms with Gasteiger partial charge in [-0.25, -0.2) is 4.98 Å². The molecule has 2 rings (SSSR count). The molecule has 0 saturated carbocycles. The van der Waals surface area contributed by atoms with Gasteiger partial charge in [0.05, 0.1) is 6.61 Å². The zero-order valence-corrected chi connectivity index (χ0v) is 8.72. The molecule has 82 valence electrons. The Morgan fingerprint density at radius 3 is 2.75 bits per heavy atom. The van der Waals surface area contributed by atoms with E-state index in [2.05, 4.69) is 9.97 Å². The number of hydrogen-bond donors (Lipinski definition) is 1. The van der Waals surface area contributed by atoms with Crippen LogP contribution in [0.2, 0.25) is 0 Å². The lowest BCUT2D eigenvalue weighted by molar-refractivity contribution is 0.102. The van der Waals surface area contributed by atoms with Gasteiger partial charge in [0.25, 0.3) is 0 Å². The Morgan fingerprint density at radius 2 is 2.06 bits per heavy atom. The third kappa shape index (κ3) is 2.77. The van der Waals surface area contributed by atoms with Crippen LogP contribution in [0.1, 0.15) is 21.9 Å². The van der Waals surface area contributed by atoms with E-state index in [1.807, 2.05) is 30.3 Å². The molecule has 0 fully saturated rings. The van der Waals surface area contributed by atoms with Crippen LogP contribution in [-0.4, -0.2) is 16.3 Å². The molecule has 0 spiro atoms. The molecular weight excluding hydrogens is 204 g/mol. The minimum Gasteiger partial charge on any atom is -0.369 e. The van der Waals surface area contributed by atoms with E-state index in [1.54, 1.807) is 6.20 Å². The van der Waals surface area contributed by atoms with Gasteiger partial charge >= 0.3 is 0 Å². The molecule has 0 amide bonds. The predicted octanol–water partition coefficient (Wildman–Crippen LogP) is 1.94. The van der Waals surface area contributed by atoms with E-state index in [4.69, 9.17) is 4.74 Å². The van der Waals surface area contributed by atoms with Crippen molar-refractivity contribution in [2.75, 3.05) is 0 Å². The second-order valence-corrected chi connectivity index (χ2v) is 3.37. The lowest BCUT2D eigenvalue weighted by Crippen LogP contribution is -1.96. The monoisotopic (exact) mass is 216 g/mol. The highest BCUT2D eigenvalue weighted by atomic mass is 16.5. The average Bonchev–Trinajstić information content (AvgIpc) is 2.78. The fourth-order valence-corrected chi connectivity index (χ4v) is 1.35. The highest BCUT2D eigenvalue weighted by molar-refractivity contribution is 5.71. The van der Waals surface area contributed by atoms with Gasteiger partial charge in [-0.3, -0.25) is 4.79 Å². The molecule has 0 radical (unpaired) electrons. The summed E-state index contributed by atoms with van der Waals surface area (Å²) in [7, 11) is 0. The maximum absolute atomic E-state index is 10.4. The number of carbonyl (C=O) groups is 1. The number of hydrogen-bond acceptors (Lipinski definition) is 3. The van der Waals surface area contributed by atoms with Gasteiger partial charge in [0, 0.05) is 6.20 Å². The van der Waals surface area contributed by atoms with Gasteiger partial charge in [-0.15, -0.1) is 0 Å². The van der Waals surface area contributed by atoms with Crippen molar-refractivity contribution in [1.82, 2.24) is 9.97 Å². The maximum Gasteiger partial charge on any atom is 0.170 e. The molecule has 0 atom stereocenters.